The fourth-order valence-electron chi connectivity index (χ4n) is 3.62. The van der Waals surface area contributed by atoms with Gasteiger partial charge in [0.1, 0.15) is 5.75 Å². The van der Waals surface area contributed by atoms with Crippen molar-refractivity contribution in [3.63, 3.8) is 0 Å². The lowest BCUT2D eigenvalue weighted by Gasteiger charge is -2.17. The molecule has 0 aromatic heterocycles. The van der Waals surface area contributed by atoms with Gasteiger partial charge >= 0.3 is 5.97 Å². The number of imide groups is 1. The average Bonchev–Trinajstić information content (AvgIpc) is 3.30. The van der Waals surface area contributed by atoms with E-state index >= 15 is 0 Å². The summed E-state index contributed by atoms with van der Waals surface area (Å²) in [5, 5.41) is 10.8. The summed E-state index contributed by atoms with van der Waals surface area (Å²) in [6, 6.07) is 11.6. The lowest BCUT2D eigenvalue weighted by Crippen LogP contribution is -2.29. The Morgan fingerprint density at radius 2 is 1.65 bits per heavy atom. The van der Waals surface area contributed by atoms with Crippen LogP contribution in [0.15, 0.2) is 48.5 Å². The maximum Gasteiger partial charge on any atom is 0.316 e. The minimum absolute atomic E-state index is 0.0569. The summed E-state index contributed by atoms with van der Waals surface area (Å²) in [5.41, 5.74) is 0.688. The summed E-state index contributed by atoms with van der Waals surface area (Å²) < 4.78 is 5.40. The van der Waals surface area contributed by atoms with Crippen molar-refractivity contribution in [3.05, 3.63) is 58.6 Å². The number of ether oxygens (including phenoxy) is 1. The molecule has 1 atom stereocenters. The number of non-ortho nitro benzene ring substituents is 1. The molecule has 2 aliphatic rings. The molecular weight excluding hydrogens is 406 g/mol. The Balaban J connectivity index is 1.44. The van der Waals surface area contributed by atoms with Gasteiger partial charge in [-0.15, -0.1) is 0 Å². The third-order valence-electron chi connectivity index (χ3n) is 5.18. The smallest absolute Gasteiger partial charge is 0.316 e. The Kier molecular flexibility index (Phi) is 5.20. The van der Waals surface area contributed by atoms with Crippen molar-refractivity contribution in [1.29, 1.82) is 0 Å². The van der Waals surface area contributed by atoms with Gasteiger partial charge in [-0.3, -0.25) is 34.2 Å². The molecule has 10 nitrogen and oxygen atoms in total. The molecule has 0 N–H and O–H groups in total. The largest absolute Gasteiger partial charge is 0.426 e. The Morgan fingerprint density at radius 1 is 0.968 bits per heavy atom. The number of nitro groups is 1. The van der Waals surface area contributed by atoms with Crippen LogP contribution in [0.4, 0.5) is 17.1 Å². The molecule has 0 saturated carbocycles. The molecule has 0 radical (unpaired) electrons. The number of hydrogen-bond donors (Lipinski definition) is 0. The zero-order valence-electron chi connectivity index (χ0n) is 16.2. The number of benzene rings is 2. The van der Waals surface area contributed by atoms with Crippen LogP contribution < -0.4 is 14.5 Å². The van der Waals surface area contributed by atoms with Gasteiger partial charge in [0.05, 0.1) is 16.5 Å². The van der Waals surface area contributed by atoms with E-state index in [-0.39, 0.29) is 55.0 Å². The molecule has 2 aliphatic heterocycles. The van der Waals surface area contributed by atoms with E-state index in [1.165, 1.54) is 41.3 Å². The van der Waals surface area contributed by atoms with Gasteiger partial charge in [0.25, 0.3) is 5.69 Å². The van der Waals surface area contributed by atoms with Gasteiger partial charge in [0.2, 0.25) is 17.7 Å². The van der Waals surface area contributed by atoms with Crippen LogP contribution in [-0.2, 0) is 19.2 Å². The standard InChI is InChI=1S/C21H17N3O7/c25-18-8-9-19(26)23(18)16-2-1-3-17(11-16)31-21(28)13-10-20(27)22(12-13)14-4-6-15(7-5-14)24(29)30/h1-7,11,13H,8-10,12H2/t13-/m1/s1. The molecule has 4 rings (SSSR count). The van der Waals surface area contributed by atoms with Gasteiger partial charge in [-0.1, -0.05) is 6.07 Å². The molecule has 0 unspecified atom stereocenters. The first-order chi connectivity index (χ1) is 14.8. The van der Waals surface area contributed by atoms with E-state index in [1.54, 1.807) is 12.1 Å². The highest BCUT2D eigenvalue weighted by atomic mass is 16.6. The topological polar surface area (TPSA) is 127 Å². The number of carbonyl (C=O) groups excluding carboxylic acids is 4. The predicted octanol–water partition coefficient (Wildman–Crippen LogP) is 2.21. The maximum absolute atomic E-state index is 12.6. The molecule has 0 bridgehead atoms. The van der Waals surface area contributed by atoms with Crippen LogP contribution in [0.25, 0.3) is 0 Å². The van der Waals surface area contributed by atoms with Crippen molar-refractivity contribution in [1.82, 2.24) is 0 Å². The van der Waals surface area contributed by atoms with Gasteiger partial charge in [-0.05, 0) is 24.3 Å². The van der Waals surface area contributed by atoms with E-state index in [4.69, 9.17) is 4.74 Å². The first kappa shape index (κ1) is 20.2. The third kappa shape index (κ3) is 4.00. The highest BCUT2D eigenvalue weighted by Gasteiger charge is 2.37. The monoisotopic (exact) mass is 423 g/mol. The van der Waals surface area contributed by atoms with Gasteiger partial charge in [0, 0.05) is 49.7 Å². The van der Waals surface area contributed by atoms with Crippen molar-refractivity contribution in [3.8, 4) is 5.75 Å². The van der Waals surface area contributed by atoms with Crippen molar-refractivity contribution in [2.75, 3.05) is 16.3 Å². The number of rotatable bonds is 5. The molecule has 0 aliphatic carbocycles. The molecule has 2 aromatic rings. The quantitative estimate of drug-likeness (QED) is 0.237. The van der Waals surface area contributed by atoms with Crippen LogP contribution in [0.2, 0.25) is 0 Å². The summed E-state index contributed by atoms with van der Waals surface area (Å²) in [5.74, 6) is -2.09. The first-order valence-electron chi connectivity index (χ1n) is 9.56. The highest BCUT2D eigenvalue weighted by molar-refractivity contribution is 6.19. The number of anilines is 2. The lowest BCUT2D eigenvalue weighted by molar-refractivity contribution is -0.384. The Morgan fingerprint density at radius 3 is 2.29 bits per heavy atom. The van der Waals surface area contributed by atoms with Crippen molar-refractivity contribution in [2.24, 2.45) is 5.92 Å². The Hall–Kier alpha value is -4.08. The fraction of sp³-hybridized carbons (Fsp3) is 0.238. The van der Waals surface area contributed by atoms with Gasteiger partial charge < -0.3 is 9.64 Å². The number of amides is 3. The Bertz CT molecular complexity index is 1080. The zero-order valence-corrected chi connectivity index (χ0v) is 16.2. The molecule has 3 amide bonds. The highest BCUT2D eigenvalue weighted by Crippen LogP contribution is 2.30. The fourth-order valence-corrected chi connectivity index (χ4v) is 3.62. The number of hydrogen-bond acceptors (Lipinski definition) is 7. The van der Waals surface area contributed by atoms with Crippen LogP contribution in [0.3, 0.4) is 0 Å². The van der Waals surface area contributed by atoms with E-state index in [0.717, 1.165) is 4.90 Å². The van der Waals surface area contributed by atoms with Crippen LogP contribution in [-0.4, -0.2) is 35.2 Å². The molecule has 158 valence electrons. The normalized spacial score (nSPS) is 18.6. The second kappa shape index (κ2) is 7.98. The van der Waals surface area contributed by atoms with Gasteiger partial charge in [-0.2, -0.15) is 0 Å². The molecule has 10 heteroatoms. The van der Waals surface area contributed by atoms with Crippen molar-refractivity contribution in [2.45, 2.75) is 19.3 Å². The van der Waals surface area contributed by atoms with Gasteiger partial charge in [0.15, 0.2) is 0 Å². The zero-order chi connectivity index (χ0) is 22.1. The van der Waals surface area contributed by atoms with Gasteiger partial charge in [-0.25, -0.2) is 0 Å². The number of esters is 1. The van der Waals surface area contributed by atoms with E-state index in [1.807, 2.05) is 0 Å². The summed E-state index contributed by atoms with van der Waals surface area (Å²) in [4.78, 5) is 61.5. The molecule has 2 heterocycles. The predicted molar refractivity (Wildman–Crippen MR) is 107 cm³/mol. The average molecular weight is 423 g/mol. The van der Waals surface area contributed by atoms with E-state index in [2.05, 4.69) is 0 Å². The molecular formula is C21H17N3O7. The SMILES string of the molecule is O=C(Oc1cccc(N2C(=O)CCC2=O)c1)[C@@H]1CC(=O)N(c2ccc([N+](=O)[O-])cc2)C1. The number of nitro benzene ring substituents is 1. The number of carbonyl (C=O) groups is 4. The minimum atomic E-state index is -0.721. The maximum atomic E-state index is 12.6. The summed E-state index contributed by atoms with van der Waals surface area (Å²) >= 11 is 0. The Labute approximate surface area is 176 Å². The molecule has 2 aromatic carbocycles. The van der Waals surface area contributed by atoms with Crippen molar-refractivity contribution >= 4 is 40.8 Å². The summed E-state index contributed by atoms with van der Waals surface area (Å²) in [6.07, 6.45) is 0.232. The third-order valence-corrected chi connectivity index (χ3v) is 5.18. The molecule has 0 spiro atoms. The summed E-state index contributed by atoms with van der Waals surface area (Å²) in [6.45, 7) is 0.0816. The van der Waals surface area contributed by atoms with Crippen LogP contribution in [0, 0.1) is 16.0 Å². The van der Waals surface area contributed by atoms with E-state index in [0.29, 0.717) is 11.4 Å². The molecule has 2 saturated heterocycles. The molecule has 31 heavy (non-hydrogen) atoms. The number of nitrogens with zero attached hydrogens (tertiary/aromatic N) is 3. The second-order valence-corrected chi connectivity index (χ2v) is 7.22. The van der Waals surface area contributed by atoms with Crippen LogP contribution in [0.1, 0.15) is 19.3 Å². The van der Waals surface area contributed by atoms with E-state index in [9.17, 15) is 29.3 Å². The van der Waals surface area contributed by atoms with Crippen LogP contribution in [0.5, 0.6) is 5.75 Å². The molecule has 2 fully saturated rings. The van der Waals surface area contributed by atoms with E-state index < -0.39 is 16.8 Å². The summed E-state index contributed by atoms with van der Waals surface area (Å²) in [7, 11) is 0. The lowest BCUT2D eigenvalue weighted by atomic mass is 10.1. The van der Waals surface area contributed by atoms with Crippen LogP contribution >= 0.6 is 0 Å². The van der Waals surface area contributed by atoms with Crippen molar-refractivity contribution < 1.29 is 28.8 Å². The first-order valence-corrected chi connectivity index (χ1v) is 9.56. The minimum Gasteiger partial charge on any atom is -0.426 e. The second-order valence-electron chi connectivity index (χ2n) is 7.22.